The fourth-order valence-electron chi connectivity index (χ4n) is 3.27. The third kappa shape index (κ3) is 4.71. The molecule has 7 nitrogen and oxygen atoms in total. The summed E-state index contributed by atoms with van der Waals surface area (Å²) in [6, 6.07) is 14.9. The van der Waals surface area contributed by atoms with Crippen molar-refractivity contribution in [3.63, 3.8) is 0 Å². The lowest BCUT2D eigenvalue weighted by Crippen LogP contribution is -2.14. The van der Waals surface area contributed by atoms with E-state index in [4.69, 9.17) is 39.9 Å². The number of pyridine rings is 1. The summed E-state index contributed by atoms with van der Waals surface area (Å²) in [6.07, 6.45) is 1.27. The number of carbonyl (C=O) groups is 2. The number of aromatic carboxylic acids is 1. The van der Waals surface area contributed by atoms with E-state index in [1.807, 2.05) is 12.1 Å². The molecule has 0 radical (unpaired) electrons. The second-order valence-electron chi connectivity index (χ2n) is 7.03. The van der Waals surface area contributed by atoms with Crippen LogP contribution in [-0.4, -0.2) is 31.7 Å². The van der Waals surface area contributed by atoms with Crippen LogP contribution in [0.1, 0.15) is 26.5 Å². The molecule has 0 bridgehead atoms. The molecule has 4 rings (SSSR count). The summed E-state index contributed by atoms with van der Waals surface area (Å²) in [4.78, 5) is 27.9. The fraction of sp³-hybridized carbons (Fsp3) is 0.0435. The van der Waals surface area contributed by atoms with Gasteiger partial charge >= 0.3 is 5.97 Å². The van der Waals surface area contributed by atoms with Crippen molar-refractivity contribution in [2.45, 2.75) is 6.92 Å². The smallest absolute Gasteiger partial charge is 0.354 e. The molecule has 33 heavy (non-hydrogen) atoms. The molecule has 0 aliphatic rings. The van der Waals surface area contributed by atoms with Gasteiger partial charge in [-0.15, -0.1) is 0 Å². The predicted octanol–water partition coefficient (Wildman–Crippen LogP) is 6.15. The number of carboxylic acid groups (broad SMARTS) is 1. The summed E-state index contributed by atoms with van der Waals surface area (Å²) in [6.45, 7) is 1.78. The number of carbonyl (C=O) groups excluding carboxylic acids is 1. The number of benzene rings is 2. The maximum absolute atomic E-state index is 13.1. The minimum atomic E-state index is -1.16. The summed E-state index contributed by atoms with van der Waals surface area (Å²) in [5, 5.41) is 17.6. The zero-order chi connectivity index (χ0) is 23.7. The molecule has 10 heteroatoms. The van der Waals surface area contributed by atoms with E-state index in [0.29, 0.717) is 37.7 Å². The van der Waals surface area contributed by atoms with E-state index >= 15 is 0 Å². The van der Waals surface area contributed by atoms with Gasteiger partial charge in [0.1, 0.15) is 5.69 Å². The standard InChI is InChI=1S/C23H15Cl3N4O3/c1-12-20(22(31)28-16-7-8-18(23(32)33)27-11-16)29-30(19-9-6-15(25)10-17(19)26)21(12)13-2-4-14(24)5-3-13/h2-11H,1H3,(H,28,31)(H,32,33). The van der Waals surface area contributed by atoms with E-state index in [1.165, 1.54) is 18.3 Å². The topological polar surface area (TPSA) is 97.1 Å². The van der Waals surface area contributed by atoms with Crippen LogP contribution in [-0.2, 0) is 0 Å². The highest BCUT2D eigenvalue weighted by atomic mass is 35.5. The number of nitrogens with zero attached hydrogens (tertiary/aromatic N) is 3. The van der Waals surface area contributed by atoms with E-state index in [1.54, 1.807) is 41.9 Å². The Bertz CT molecular complexity index is 1370. The van der Waals surface area contributed by atoms with Crippen molar-refractivity contribution in [3.05, 3.63) is 92.8 Å². The quantitative estimate of drug-likeness (QED) is 0.342. The van der Waals surface area contributed by atoms with E-state index in [9.17, 15) is 9.59 Å². The Morgan fingerprint density at radius 2 is 1.67 bits per heavy atom. The summed E-state index contributed by atoms with van der Waals surface area (Å²) >= 11 is 18.5. The van der Waals surface area contributed by atoms with Crippen molar-refractivity contribution in [2.75, 3.05) is 5.32 Å². The van der Waals surface area contributed by atoms with Gasteiger partial charge in [0.2, 0.25) is 0 Å². The summed E-state index contributed by atoms with van der Waals surface area (Å²) in [5.41, 5.74) is 2.94. The molecule has 1 amide bonds. The molecule has 0 unspecified atom stereocenters. The van der Waals surface area contributed by atoms with Crippen LogP contribution in [0.5, 0.6) is 0 Å². The Balaban J connectivity index is 1.79. The highest BCUT2D eigenvalue weighted by Gasteiger charge is 2.23. The van der Waals surface area contributed by atoms with Gasteiger partial charge in [0, 0.05) is 21.2 Å². The van der Waals surface area contributed by atoms with Gasteiger partial charge < -0.3 is 10.4 Å². The molecule has 2 aromatic heterocycles. The molecule has 0 aliphatic carbocycles. The van der Waals surface area contributed by atoms with Crippen LogP contribution in [0.2, 0.25) is 15.1 Å². The van der Waals surface area contributed by atoms with Crippen molar-refractivity contribution in [1.29, 1.82) is 0 Å². The van der Waals surface area contributed by atoms with Gasteiger partial charge in [-0.1, -0.05) is 46.9 Å². The second kappa shape index (κ2) is 9.23. The van der Waals surface area contributed by atoms with Gasteiger partial charge in [0.05, 0.1) is 28.3 Å². The van der Waals surface area contributed by atoms with Crippen molar-refractivity contribution in [1.82, 2.24) is 14.8 Å². The Labute approximate surface area is 203 Å². The molecule has 0 spiro atoms. The first-order valence-electron chi connectivity index (χ1n) is 9.56. The van der Waals surface area contributed by atoms with Crippen LogP contribution in [0.25, 0.3) is 16.9 Å². The number of carboxylic acids is 1. The minimum absolute atomic E-state index is 0.129. The number of amides is 1. The molecule has 166 valence electrons. The average Bonchev–Trinajstić information content (AvgIpc) is 3.11. The molecular formula is C23H15Cl3N4O3. The molecular weight excluding hydrogens is 487 g/mol. The fourth-order valence-corrected chi connectivity index (χ4v) is 3.88. The zero-order valence-corrected chi connectivity index (χ0v) is 19.3. The molecule has 0 saturated heterocycles. The van der Waals surface area contributed by atoms with Gasteiger partial charge in [0.15, 0.2) is 5.69 Å². The summed E-state index contributed by atoms with van der Waals surface area (Å²) in [5.74, 6) is -1.65. The molecule has 0 saturated carbocycles. The Morgan fingerprint density at radius 3 is 2.27 bits per heavy atom. The largest absolute Gasteiger partial charge is 0.477 e. The lowest BCUT2D eigenvalue weighted by molar-refractivity contribution is 0.0690. The molecule has 2 heterocycles. The first-order valence-corrected chi connectivity index (χ1v) is 10.7. The first-order chi connectivity index (χ1) is 15.7. The van der Waals surface area contributed by atoms with Crippen LogP contribution < -0.4 is 5.32 Å². The van der Waals surface area contributed by atoms with Crippen molar-refractivity contribution in [2.24, 2.45) is 0 Å². The van der Waals surface area contributed by atoms with E-state index in [2.05, 4.69) is 15.4 Å². The SMILES string of the molecule is Cc1c(C(=O)Nc2ccc(C(=O)O)nc2)nn(-c2ccc(Cl)cc2Cl)c1-c1ccc(Cl)cc1. The second-order valence-corrected chi connectivity index (χ2v) is 8.31. The number of anilines is 1. The van der Waals surface area contributed by atoms with Crippen molar-refractivity contribution in [3.8, 4) is 16.9 Å². The number of hydrogen-bond acceptors (Lipinski definition) is 4. The van der Waals surface area contributed by atoms with E-state index < -0.39 is 11.9 Å². The van der Waals surface area contributed by atoms with Crippen LogP contribution in [0.4, 0.5) is 5.69 Å². The van der Waals surface area contributed by atoms with Crippen LogP contribution in [0.3, 0.4) is 0 Å². The average molecular weight is 502 g/mol. The molecule has 0 aliphatic heterocycles. The molecule has 0 fully saturated rings. The van der Waals surface area contributed by atoms with Gasteiger partial charge in [-0.05, 0) is 49.4 Å². The highest BCUT2D eigenvalue weighted by molar-refractivity contribution is 6.35. The molecule has 0 atom stereocenters. The van der Waals surface area contributed by atoms with Crippen LogP contribution in [0, 0.1) is 6.92 Å². The predicted molar refractivity (Wildman–Crippen MR) is 128 cm³/mol. The summed E-state index contributed by atoms with van der Waals surface area (Å²) < 4.78 is 1.58. The monoisotopic (exact) mass is 500 g/mol. The van der Waals surface area contributed by atoms with Gasteiger partial charge in [-0.3, -0.25) is 4.79 Å². The van der Waals surface area contributed by atoms with Crippen molar-refractivity contribution < 1.29 is 14.7 Å². The van der Waals surface area contributed by atoms with Crippen LogP contribution in [0.15, 0.2) is 60.8 Å². The number of nitrogens with one attached hydrogen (secondary N) is 1. The van der Waals surface area contributed by atoms with E-state index in [-0.39, 0.29) is 11.4 Å². The Morgan fingerprint density at radius 1 is 0.970 bits per heavy atom. The lowest BCUT2D eigenvalue weighted by atomic mass is 10.1. The van der Waals surface area contributed by atoms with E-state index in [0.717, 1.165) is 5.56 Å². The first kappa shape index (κ1) is 22.8. The third-order valence-electron chi connectivity index (χ3n) is 4.83. The minimum Gasteiger partial charge on any atom is -0.477 e. The number of hydrogen-bond donors (Lipinski definition) is 2. The Hall–Kier alpha value is -3.39. The zero-order valence-electron chi connectivity index (χ0n) is 17.0. The van der Waals surface area contributed by atoms with Gasteiger partial charge in [0.25, 0.3) is 5.91 Å². The maximum Gasteiger partial charge on any atom is 0.354 e. The number of rotatable bonds is 5. The van der Waals surface area contributed by atoms with Crippen molar-refractivity contribution >= 4 is 52.4 Å². The van der Waals surface area contributed by atoms with Crippen LogP contribution >= 0.6 is 34.8 Å². The lowest BCUT2D eigenvalue weighted by Gasteiger charge is -2.11. The number of aromatic nitrogens is 3. The molecule has 2 N–H and O–H groups in total. The Kier molecular flexibility index (Phi) is 6.37. The molecule has 4 aromatic rings. The van der Waals surface area contributed by atoms with Gasteiger partial charge in [-0.25, -0.2) is 14.5 Å². The maximum atomic E-state index is 13.1. The number of halogens is 3. The summed E-state index contributed by atoms with van der Waals surface area (Å²) in [7, 11) is 0. The van der Waals surface area contributed by atoms with Gasteiger partial charge in [-0.2, -0.15) is 5.10 Å². The molecule has 2 aromatic carbocycles. The highest BCUT2D eigenvalue weighted by Crippen LogP contribution is 2.33. The third-order valence-corrected chi connectivity index (χ3v) is 5.62. The normalized spacial score (nSPS) is 10.8.